The monoisotopic (exact) mass is 426 g/mol. The lowest BCUT2D eigenvalue weighted by Gasteiger charge is -2.38. The third kappa shape index (κ3) is 5.77. The number of esters is 1. The SMILES string of the molecule is CC(C)=CCc1cc(CC(O)C(=O)OC2OC(C(=O)O)C(O)C(O)C2O)ccc1O. The second kappa shape index (κ2) is 10.0. The number of ether oxygens (including phenoxy) is 2. The zero-order valence-electron chi connectivity index (χ0n) is 16.5. The number of aliphatic hydroxyl groups is 4. The molecule has 1 fully saturated rings. The van der Waals surface area contributed by atoms with Gasteiger partial charge in [-0.25, -0.2) is 9.59 Å². The Balaban J connectivity index is 2.05. The van der Waals surface area contributed by atoms with Crippen molar-refractivity contribution in [3.63, 3.8) is 0 Å². The molecule has 10 heteroatoms. The van der Waals surface area contributed by atoms with E-state index in [2.05, 4.69) is 0 Å². The molecule has 0 aromatic heterocycles. The van der Waals surface area contributed by atoms with E-state index in [1.807, 2.05) is 19.9 Å². The lowest BCUT2D eigenvalue weighted by atomic mass is 9.99. The van der Waals surface area contributed by atoms with Crippen LogP contribution in [0.15, 0.2) is 29.8 Å². The highest BCUT2D eigenvalue weighted by molar-refractivity contribution is 5.75. The number of aliphatic hydroxyl groups excluding tert-OH is 4. The summed E-state index contributed by atoms with van der Waals surface area (Å²) in [5.74, 6) is -2.77. The summed E-state index contributed by atoms with van der Waals surface area (Å²) < 4.78 is 9.66. The van der Waals surface area contributed by atoms with Gasteiger partial charge in [-0.05, 0) is 37.5 Å². The van der Waals surface area contributed by atoms with Crippen LogP contribution in [-0.4, -0.2) is 79.4 Å². The lowest BCUT2D eigenvalue weighted by molar-refractivity contribution is -0.288. The van der Waals surface area contributed by atoms with Gasteiger partial charge in [-0.15, -0.1) is 0 Å². The smallest absolute Gasteiger partial charge is 0.337 e. The van der Waals surface area contributed by atoms with Gasteiger partial charge in [0.05, 0.1) is 0 Å². The fraction of sp³-hybridized carbons (Fsp3) is 0.500. The number of carbonyl (C=O) groups excluding carboxylic acids is 1. The number of carbonyl (C=O) groups is 2. The van der Waals surface area contributed by atoms with E-state index in [-0.39, 0.29) is 12.2 Å². The van der Waals surface area contributed by atoms with Crippen LogP contribution in [0.4, 0.5) is 0 Å². The van der Waals surface area contributed by atoms with Crippen LogP contribution >= 0.6 is 0 Å². The molecule has 1 heterocycles. The molecule has 6 atom stereocenters. The summed E-state index contributed by atoms with van der Waals surface area (Å²) in [7, 11) is 0. The van der Waals surface area contributed by atoms with E-state index in [1.165, 1.54) is 12.1 Å². The maximum Gasteiger partial charge on any atom is 0.337 e. The highest BCUT2D eigenvalue weighted by atomic mass is 16.7. The first-order chi connectivity index (χ1) is 14.0. The van der Waals surface area contributed by atoms with E-state index in [0.29, 0.717) is 17.5 Å². The molecular formula is C20H26O10. The van der Waals surface area contributed by atoms with Crippen LogP contribution in [0.3, 0.4) is 0 Å². The number of aliphatic carboxylic acids is 1. The predicted octanol–water partition coefficient (Wildman–Crippen LogP) is -0.760. The van der Waals surface area contributed by atoms with Gasteiger partial charge in [0, 0.05) is 6.42 Å². The molecule has 2 rings (SSSR count). The van der Waals surface area contributed by atoms with Crippen LogP contribution in [0.2, 0.25) is 0 Å². The van der Waals surface area contributed by atoms with E-state index >= 15 is 0 Å². The summed E-state index contributed by atoms with van der Waals surface area (Å²) in [5, 5.41) is 58.3. The molecule has 10 nitrogen and oxygen atoms in total. The molecular weight excluding hydrogens is 400 g/mol. The van der Waals surface area contributed by atoms with E-state index in [1.54, 1.807) is 6.07 Å². The molecule has 0 spiro atoms. The number of hydrogen-bond donors (Lipinski definition) is 6. The van der Waals surface area contributed by atoms with E-state index in [0.717, 1.165) is 5.57 Å². The van der Waals surface area contributed by atoms with Crippen LogP contribution < -0.4 is 0 Å². The van der Waals surface area contributed by atoms with Crippen LogP contribution in [-0.2, 0) is 31.9 Å². The average Bonchev–Trinajstić information content (AvgIpc) is 2.68. The fourth-order valence-corrected chi connectivity index (χ4v) is 2.89. The number of hydrogen-bond acceptors (Lipinski definition) is 9. The summed E-state index contributed by atoms with van der Waals surface area (Å²) >= 11 is 0. The van der Waals surface area contributed by atoms with Gasteiger partial charge in [0.25, 0.3) is 0 Å². The number of carboxylic acid groups (broad SMARTS) is 1. The van der Waals surface area contributed by atoms with Crippen molar-refractivity contribution < 1.29 is 49.7 Å². The van der Waals surface area contributed by atoms with E-state index in [4.69, 9.17) is 14.6 Å². The molecule has 1 aromatic rings. The Morgan fingerprint density at radius 2 is 1.83 bits per heavy atom. The Labute approximate surface area is 172 Å². The summed E-state index contributed by atoms with van der Waals surface area (Å²) in [5.41, 5.74) is 2.18. The van der Waals surface area contributed by atoms with Crippen molar-refractivity contribution in [1.29, 1.82) is 0 Å². The summed E-state index contributed by atoms with van der Waals surface area (Å²) in [6.07, 6.45) is -9.07. The highest BCUT2D eigenvalue weighted by Gasteiger charge is 2.48. The molecule has 0 radical (unpaired) electrons. The molecule has 166 valence electrons. The standard InChI is InChI=1S/C20H26O10/c1-9(2)3-5-11-7-10(4-6-12(11)21)8-13(22)19(28)30-20-16(25)14(23)15(24)17(29-20)18(26)27/h3-4,6-7,13-17,20-25H,5,8H2,1-2H3,(H,26,27). The predicted molar refractivity (Wildman–Crippen MR) is 101 cm³/mol. The van der Waals surface area contributed by atoms with Gasteiger partial charge in [0.15, 0.2) is 12.2 Å². The largest absolute Gasteiger partial charge is 0.508 e. The quantitative estimate of drug-likeness (QED) is 0.240. The first-order valence-corrected chi connectivity index (χ1v) is 9.26. The minimum atomic E-state index is -1.93. The molecule has 0 amide bonds. The zero-order chi connectivity index (χ0) is 22.6. The zero-order valence-corrected chi connectivity index (χ0v) is 16.5. The van der Waals surface area contributed by atoms with E-state index < -0.39 is 48.7 Å². The maximum absolute atomic E-state index is 12.2. The molecule has 30 heavy (non-hydrogen) atoms. The summed E-state index contributed by atoms with van der Waals surface area (Å²) in [6.45, 7) is 3.82. The maximum atomic E-state index is 12.2. The number of allylic oxidation sites excluding steroid dienone is 2. The third-order valence-electron chi connectivity index (χ3n) is 4.62. The second-order valence-corrected chi connectivity index (χ2v) is 7.34. The van der Waals surface area contributed by atoms with Gasteiger partial charge in [-0.1, -0.05) is 23.8 Å². The minimum Gasteiger partial charge on any atom is -0.508 e. The van der Waals surface area contributed by atoms with Crippen molar-refractivity contribution in [2.45, 2.75) is 63.5 Å². The van der Waals surface area contributed by atoms with Crippen LogP contribution in [0.25, 0.3) is 0 Å². The normalized spacial score (nSPS) is 27.2. The topological polar surface area (TPSA) is 174 Å². The van der Waals surface area contributed by atoms with Crippen molar-refractivity contribution in [2.24, 2.45) is 0 Å². The Kier molecular flexibility index (Phi) is 7.93. The van der Waals surface area contributed by atoms with Gasteiger partial charge in [-0.3, -0.25) is 0 Å². The van der Waals surface area contributed by atoms with Gasteiger partial charge >= 0.3 is 11.9 Å². The number of carboxylic acids is 1. The number of aromatic hydroxyl groups is 1. The summed E-state index contributed by atoms with van der Waals surface area (Å²) in [6, 6.07) is 4.58. The molecule has 1 saturated heterocycles. The van der Waals surface area contributed by atoms with Crippen molar-refractivity contribution in [3.8, 4) is 5.75 Å². The van der Waals surface area contributed by atoms with Gasteiger partial charge in [0.1, 0.15) is 24.1 Å². The molecule has 0 aliphatic carbocycles. The Hall–Kier alpha value is -2.50. The Bertz CT molecular complexity index is 801. The number of phenols is 1. The van der Waals surface area contributed by atoms with Gasteiger partial charge in [-0.2, -0.15) is 0 Å². The summed E-state index contributed by atoms with van der Waals surface area (Å²) in [4.78, 5) is 23.3. The number of rotatable bonds is 7. The lowest BCUT2D eigenvalue weighted by Crippen LogP contribution is -2.61. The second-order valence-electron chi connectivity index (χ2n) is 7.34. The van der Waals surface area contributed by atoms with Crippen LogP contribution in [0.1, 0.15) is 25.0 Å². The first kappa shape index (κ1) is 23.8. The van der Waals surface area contributed by atoms with Crippen molar-refractivity contribution >= 4 is 11.9 Å². The highest BCUT2D eigenvalue weighted by Crippen LogP contribution is 2.24. The molecule has 1 aliphatic heterocycles. The van der Waals surface area contributed by atoms with Crippen molar-refractivity contribution in [3.05, 3.63) is 41.0 Å². The van der Waals surface area contributed by atoms with Gasteiger partial charge < -0.3 is 40.1 Å². The molecule has 6 N–H and O–H groups in total. The molecule has 0 saturated carbocycles. The average molecular weight is 426 g/mol. The third-order valence-corrected chi connectivity index (χ3v) is 4.62. The first-order valence-electron chi connectivity index (χ1n) is 9.26. The molecule has 1 aromatic carbocycles. The molecule has 0 bridgehead atoms. The van der Waals surface area contributed by atoms with Crippen molar-refractivity contribution in [2.75, 3.05) is 0 Å². The van der Waals surface area contributed by atoms with Crippen molar-refractivity contribution in [1.82, 2.24) is 0 Å². The van der Waals surface area contributed by atoms with E-state index in [9.17, 15) is 35.1 Å². The van der Waals surface area contributed by atoms with Gasteiger partial charge in [0.2, 0.25) is 6.29 Å². The number of phenolic OH excluding ortho intramolecular Hbond substituents is 1. The number of benzene rings is 1. The Morgan fingerprint density at radius 1 is 1.17 bits per heavy atom. The Morgan fingerprint density at radius 3 is 2.43 bits per heavy atom. The molecule has 6 unspecified atom stereocenters. The molecule has 1 aliphatic rings. The van der Waals surface area contributed by atoms with Crippen LogP contribution in [0.5, 0.6) is 5.75 Å². The van der Waals surface area contributed by atoms with Crippen LogP contribution in [0, 0.1) is 0 Å². The fourth-order valence-electron chi connectivity index (χ4n) is 2.89. The minimum absolute atomic E-state index is 0.0688.